The van der Waals surface area contributed by atoms with E-state index in [1.807, 2.05) is 42.5 Å². The van der Waals surface area contributed by atoms with E-state index in [1.165, 1.54) is 0 Å². The highest BCUT2D eigenvalue weighted by Gasteiger charge is 2.29. The van der Waals surface area contributed by atoms with Crippen LogP contribution in [-0.4, -0.2) is 34.3 Å². The predicted octanol–water partition coefficient (Wildman–Crippen LogP) is 5.04. The van der Waals surface area contributed by atoms with Gasteiger partial charge in [0.15, 0.2) is 11.5 Å². The van der Waals surface area contributed by atoms with Crippen molar-refractivity contribution < 1.29 is 28.5 Å². The number of hydrogen-bond donors (Lipinski definition) is 1. The minimum atomic E-state index is -0.204. The summed E-state index contributed by atoms with van der Waals surface area (Å²) in [5, 5.41) is 2.91. The molecule has 7 heteroatoms. The van der Waals surface area contributed by atoms with E-state index in [9.17, 15) is 4.79 Å². The molecule has 0 aromatic heterocycles. The lowest BCUT2D eigenvalue weighted by atomic mass is 9.95. The maximum Gasteiger partial charge on any atom is 0.255 e. The molecule has 1 aliphatic rings. The van der Waals surface area contributed by atoms with Gasteiger partial charge in [0.05, 0.1) is 28.4 Å². The molecule has 0 radical (unpaired) electrons. The van der Waals surface area contributed by atoms with Gasteiger partial charge in [-0.25, -0.2) is 0 Å². The summed E-state index contributed by atoms with van der Waals surface area (Å²) in [5.74, 6) is 2.88. The lowest BCUT2D eigenvalue weighted by Gasteiger charge is -2.29. The smallest absolute Gasteiger partial charge is 0.255 e. The average molecular weight is 450 g/mol. The number of nitrogens with one attached hydrogen (secondary N) is 1. The van der Waals surface area contributed by atoms with Crippen LogP contribution in [0.2, 0.25) is 0 Å². The standard InChI is InChI=1S/C26H27NO6/c1-29-19-10-6-9-18(14-19)27-26(28)17-8-5-7-16(13-17)21-12-11-20-22(33-21)15-23(30-2)25(32-4)24(20)31-3/h5-10,13-15,21H,11-12H2,1-4H3,(H,27,28). The molecule has 4 rings (SSSR count). The Labute approximate surface area is 193 Å². The zero-order chi connectivity index (χ0) is 23.4. The fourth-order valence-electron chi connectivity index (χ4n) is 4.04. The van der Waals surface area contributed by atoms with Crippen molar-refractivity contribution in [2.24, 2.45) is 0 Å². The van der Waals surface area contributed by atoms with Gasteiger partial charge in [0.1, 0.15) is 17.6 Å². The molecule has 0 fully saturated rings. The molecule has 1 aliphatic heterocycles. The Kier molecular flexibility index (Phi) is 6.58. The lowest BCUT2D eigenvalue weighted by Crippen LogP contribution is -2.18. The second-order valence-corrected chi connectivity index (χ2v) is 7.58. The Morgan fingerprint density at radius 3 is 2.42 bits per heavy atom. The molecule has 3 aromatic carbocycles. The molecule has 7 nitrogen and oxygen atoms in total. The average Bonchev–Trinajstić information content (AvgIpc) is 2.87. The lowest BCUT2D eigenvalue weighted by molar-refractivity contribution is 0.102. The number of carbonyl (C=O) groups excluding carboxylic acids is 1. The van der Waals surface area contributed by atoms with Crippen LogP contribution in [0.5, 0.6) is 28.7 Å². The number of anilines is 1. The quantitative estimate of drug-likeness (QED) is 0.545. The van der Waals surface area contributed by atoms with Crippen LogP contribution in [0.15, 0.2) is 54.6 Å². The van der Waals surface area contributed by atoms with E-state index < -0.39 is 0 Å². The summed E-state index contributed by atoms with van der Waals surface area (Å²) in [6.07, 6.45) is 1.27. The zero-order valence-corrected chi connectivity index (χ0v) is 19.1. The molecular weight excluding hydrogens is 422 g/mol. The molecule has 1 atom stereocenters. The number of methoxy groups -OCH3 is 4. The van der Waals surface area contributed by atoms with Crippen molar-refractivity contribution >= 4 is 11.6 Å². The number of hydrogen-bond acceptors (Lipinski definition) is 6. The second kappa shape index (κ2) is 9.73. The highest BCUT2D eigenvalue weighted by atomic mass is 16.5. The molecule has 0 spiro atoms. The van der Waals surface area contributed by atoms with Crippen molar-refractivity contribution in [3.63, 3.8) is 0 Å². The first-order chi connectivity index (χ1) is 16.1. The second-order valence-electron chi connectivity index (χ2n) is 7.58. The molecule has 1 N–H and O–H groups in total. The Bertz CT molecular complexity index is 1160. The maximum atomic E-state index is 12.8. The number of rotatable bonds is 7. The molecule has 172 valence electrons. The van der Waals surface area contributed by atoms with Crippen LogP contribution < -0.4 is 29.0 Å². The summed E-state index contributed by atoms with van der Waals surface area (Å²) in [6, 6.07) is 16.6. The summed E-state index contributed by atoms with van der Waals surface area (Å²) in [6.45, 7) is 0. The van der Waals surface area contributed by atoms with Crippen LogP contribution in [0.1, 0.15) is 34.0 Å². The van der Waals surface area contributed by atoms with Gasteiger partial charge in [0, 0.05) is 28.9 Å². The molecule has 33 heavy (non-hydrogen) atoms. The highest BCUT2D eigenvalue weighted by Crippen LogP contribution is 2.49. The van der Waals surface area contributed by atoms with E-state index in [1.54, 1.807) is 40.6 Å². The van der Waals surface area contributed by atoms with Gasteiger partial charge in [-0.2, -0.15) is 0 Å². The van der Waals surface area contributed by atoms with E-state index in [4.69, 9.17) is 23.7 Å². The minimum absolute atomic E-state index is 0.200. The SMILES string of the molecule is COc1cccc(NC(=O)c2cccc(C3CCc4c(cc(OC)c(OC)c4OC)O3)c2)c1. The van der Waals surface area contributed by atoms with Crippen molar-refractivity contribution in [1.82, 2.24) is 0 Å². The first kappa shape index (κ1) is 22.3. The number of ether oxygens (including phenoxy) is 5. The van der Waals surface area contributed by atoms with Gasteiger partial charge >= 0.3 is 0 Å². The Balaban J connectivity index is 1.57. The van der Waals surface area contributed by atoms with Crippen molar-refractivity contribution in [2.75, 3.05) is 33.8 Å². The topological polar surface area (TPSA) is 75.3 Å². The van der Waals surface area contributed by atoms with Gasteiger partial charge < -0.3 is 29.0 Å². The molecule has 0 saturated carbocycles. The number of fused-ring (bicyclic) bond motifs is 1. The van der Waals surface area contributed by atoms with Crippen molar-refractivity contribution in [3.05, 3.63) is 71.3 Å². The molecule has 1 unspecified atom stereocenters. The van der Waals surface area contributed by atoms with Crippen LogP contribution >= 0.6 is 0 Å². The van der Waals surface area contributed by atoms with Gasteiger partial charge in [0.2, 0.25) is 5.75 Å². The van der Waals surface area contributed by atoms with Crippen molar-refractivity contribution in [1.29, 1.82) is 0 Å². The van der Waals surface area contributed by atoms with Crippen molar-refractivity contribution in [3.8, 4) is 28.7 Å². The van der Waals surface area contributed by atoms with Gasteiger partial charge in [0.25, 0.3) is 5.91 Å². The van der Waals surface area contributed by atoms with Gasteiger partial charge in [-0.1, -0.05) is 18.2 Å². The number of amides is 1. The van der Waals surface area contributed by atoms with Crippen LogP contribution in [0, 0.1) is 0 Å². The van der Waals surface area contributed by atoms with Crippen LogP contribution in [-0.2, 0) is 6.42 Å². The first-order valence-corrected chi connectivity index (χ1v) is 10.6. The third-order valence-electron chi connectivity index (χ3n) is 5.67. The van der Waals surface area contributed by atoms with E-state index in [2.05, 4.69) is 5.32 Å². The summed E-state index contributed by atoms with van der Waals surface area (Å²) in [4.78, 5) is 12.8. The summed E-state index contributed by atoms with van der Waals surface area (Å²) < 4.78 is 28.1. The molecule has 1 amide bonds. The summed E-state index contributed by atoms with van der Waals surface area (Å²) in [5.41, 5.74) is 3.08. The molecule has 0 bridgehead atoms. The third-order valence-corrected chi connectivity index (χ3v) is 5.67. The van der Waals surface area contributed by atoms with E-state index >= 15 is 0 Å². The molecule has 0 aliphatic carbocycles. The normalized spacial score (nSPS) is 14.5. The van der Waals surface area contributed by atoms with E-state index in [-0.39, 0.29) is 12.0 Å². The Morgan fingerprint density at radius 1 is 0.909 bits per heavy atom. The molecule has 0 saturated heterocycles. The number of benzene rings is 3. The highest BCUT2D eigenvalue weighted by molar-refractivity contribution is 6.04. The van der Waals surface area contributed by atoms with E-state index in [0.717, 1.165) is 24.0 Å². The zero-order valence-electron chi connectivity index (χ0n) is 19.1. The Hall–Kier alpha value is -3.87. The summed E-state index contributed by atoms with van der Waals surface area (Å²) >= 11 is 0. The first-order valence-electron chi connectivity index (χ1n) is 10.6. The molecule has 3 aromatic rings. The fourth-order valence-corrected chi connectivity index (χ4v) is 4.04. The maximum absolute atomic E-state index is 12.8. The minimum Gasteiger partial charge on any atom is -0.497 e. The summed E-state index contributed by atoms with van der Waals surface area (Å²) in [7, 11) is 6.36. The van der Waals surface area contributed by atoms with Gasteiger partial charge in [-0.3, -0.25) is 4.79 Å². The third kappa shape index (κ3) is 4.53. The van der Waals surface area contributed by atoms with Crippen molar-refractivity contribution in [2.45, 2.75) is 18.9 Å². The van der Waals surface area contributed by atoms with Gasteiger partial charge in [-0.05, 0) is 42.7 Å². The molecule has 1 heterocycles. The molecular formula is C26H27NO6. The monoisotopic (exact) mass is 449 g/mol. The largest absolute Gasteiger partial charge is 0.497 e. The van der Waals surface area contributed by atoms with Crippen LogP contribution in [0.3, 0.4) is 0 Å². The number of carbonyl (C=O) groups is 1. The van der Waals surface area contributed by atoms with Crippen LogP contribution in [0.25, 0.3) is 0 Å². The Morgan fingerprint density at radius 2 is 1.70 bits per heavy atom. The van der Waals surface area contributed by atoms with Crippen LogP contribution in [0.4, 0.5) is 5.69 Å². The van der Waals surface area contributed by atoms with E-state index in [0.29, 0.717) is 40.0 Å². The van der Waals surface area contributed by atoms with Gasteiger partial charge in [-0.15, -0.1) is 0 Å². The fraction of sp³-hybridized carbons (Fsp3) is 0.269. The predicted molar refractivity (Wildman–Crippen MR) is 125 cm³/mol.